The summed E-state index contributed by atoms with van der Waals surface area (Å²) in [5.74, 6) is 0.199. The molecule has 0 aliphatic carbocycles. The maximum atomic E-state index is 12.9. The van der Waals surface area contributed by atoms with Gasteiger partial charge in [-0.05, 0) is 49.6 Å². The van der Waals surface area contributed by atoms with E-state index < -0.39 is 16.1 Å². The van der Waals surface area contributed by atoms with E-state index in [0.717, 1.165) is 5.56 Å². The molecule has 0 radical (unpaired) electrons. The van der Waals surface area contributed by atoms with Crippen molar-refractivity contribution in [2.24, 2.45) is 0 Å². The average molecular weight is 374 g/mol. The third kappa shape index (κ3) is 3.59. The van der Waals surface area contributed by atoms with Crippen LogP contribution in [0.3, 0.4) is 0 Å². The molecular formula is C19H22N2O4S. The number of aryl methyl sites for hydroxylation is 1. The molecule has 0 saturated carbocycles. The number of benzene rings is 2. The Morgan fingerprint density at radius 2 is 1.92 bits per heavy atom. The molecule has 7 heteroatoms. The van der Waals surface area contributed by atoms with Gasteiger partial charge in [-0.2, -0.15) is 4.31 Å². The first-order valence-electron chi connectivity index (χ1n) is 8.46. The monoisotopic (exact) mass is 374 g/mol. The number of hydrogen-bond acceptors (Lipinski definition) is 4. The van der Waals surface area contributed by atoms with Gasteiger partial charge in [0.2, 0.25) is 15.9 Å². The van der Waals surface area contributed by atoms with Crippen molar-refractivity contribution in [2.45, 2.75) is 30.7 Å². The number of carbonyl (C=O) groups excluding carboxylic acids is 1. The van der Waals surface area contributed by atoms with Crippen molar-refractivity contribution in [3.05, 3.63) is 54.1 Å². The van der Waals surface area contributed by atoms with E-state index in [1.807, 2.05) is 19.1 Å². The number of carbonyl (C=O) groups is 1. The number of ether oxygens (including phenoxy) is 1. The molecule has 0 aromatic heterocycles. The minimum absolute atomic E-state index is 0.202. The van der Waals surface area contributed by atoms with Crippen LogP contribution >= 0.6 is 0 Å². The molecule has 0 spiro atoms. The summed E-state index contributed by atoms with van der Waals surface area (Å²) in [6.07, 6.45) is 1.14. The smallest absolute Gasteiger partial charge is 0.243 e. The second-order valence-electron chi connectivity index (χ2n) is 6.28. The zero-order chi connectivity index (χ0) is 18.7. The number of nitrogens with zero attached hydrogens (tertiary/aromatic N) is 1. The number of amides is 1. The lowest BCUT2D eigenvalue weighted by atomic mass is 10.1. The summed E-state index contributed by atoms with van der Waals surface area (Å²) in [5.41, 5.74) is 1.52. The van der Waals surface area contributed by atoms with Gasteiger partial charge in [-0.15, -0.1) is 0 Å². The van der Waals surface area contributed by atoms with E-state index >= 15 is 0 Å². The van der Waals surface area contributed by atoms with Gasteiger partial charge in [-0.1, -0.05) is 24.3 Å². The topological polar surface area (TPSA) is 75.7 Å². The summed E-state index contributed by atoms with van der Waals surface area (Å²) in [6, 6.07) is 12.9. The summed E-state index contributed by atoms with van der Waals surface area (Å²) in [5, 5.41) is 2.83. The van der Waals surface area contributed by atoms with Crippen molar-refractivity contribution in [2.75, 3.05) is 19.0 Å². The Hall–Kier alpha value is -2.38. The predicted octanol–water partition coefficient (Wildman–Crippen LogP) is 2.80. The molecule has 1 unspecified atom stereocenters. The first kappa shape index (κ1) is 18.4. The van der Waals surface area contributed by atoms with Crippen LogP contribution in [0, 0.1) is 6.92 Å². The Kier molecular flexibility index (Phi) is 5.29. The molecule has 2 aromatic carbocycles. The lowest BCUT2D eigenvalue weighted by molar-refractivity contribution is -0.119. The zero-order valence-corrected chi connectivity index (χ0v) is 15.6. The van der Waals surface area contributed by atoms with Crippen molar-refractivity contribution in [1.82, 2.24) is 4.31 Å². The Morgan fingerprint density at radius 1 is 1.19 bits per heavy atom. The van der Waals surface area contributed by atoms with Crippen LogP contribution in [0.15, 0.2) is 53.4 Å². The summed E-state index contributed by atoms with van der Waals surface area (Å²) >= 11 is 0. The van der Waals surface area contributed by atoms with Gasteiger partial charge in [-0.3, -0.25) is 4.79 Å². The second kappa shape index (κ2) is 7.47. The lowest BCUT2D eigenvalue weighted by Crippen LogP contribution is -2.43. The fourth-order valence-corrected chi connectivity index (χ4v) is 4.83. The molecule has 1 fully saturated rings. The van der Waals surface area contributed by atoms with Gasteiger partial charge < -0.3 is 10.1 Å². The molecule has 1 N–H and O–H groups in total. The molecule has 138 valence electrons. The number of hydrogen-bond donors (Lipinski definition) is 1. The van der Waals surface area contributed by atoms with Gasteiger partial charge in [0.1, 0.15) is 11.8 Å². The standard InChI is InChI=1S/C19H22N2O4S/c1-14-10-11-18(25-2)16(13-14)20-19(22)17-9-6-12-21(17)26(23,24)15-7-4-3-5-8-15/h3-5,7-8,10-11,13,17H,6,9,12H2,1-2H3,(H,20,22). The summed E-state index contributed by atoms with van der Waals surface area (Å²) in [4.78, 5) is 13.0. The highest BCUT2D eigenvalue weighted by Gasteiger charge is 2.39. The molecule has 3 rings (SSSR count). The molecule has 2 aromatic rings. The molecular weight excluding hydrogens is 352 g/mol. The van der Waals surface area contributed by atoms with Gasteiger partial charge in [0.25, 0.3) is 0 Å². The van der Waals surface area contributed by atoms with Crippen LogP contribution in [0.2, 0.25) is 0 Å². The number of sulfonamides is 1. The van der Waals surface area contributed by atoms with Gasteiger partial charge in [0, 0.05) is 6.54 Å². The SMILES string of the molecule is COc1ccc(C)cc1NC(=O)C1CCCN1S(=O)(=O)c1ccccc1. The third-order valence-electron chi connectivity index (χ3n) is 4.47. The fraction of sp³-hybridized carbons (Fsp3) is 0.316. The van der Waals surface area contributed by atoms with Crippen LogP contribution in [0.25, 0.3) is 0 Å². The Morgan fingerprint density at radius 3 is 2.62 bits per heavy atom. The van der Waals surface area contributed by atoms with Crippen LogP contribution in [-0.2, 0) is 14.8 Å². The highest BCUT2D eigenvalue weighted by Crippen LogP contribution is 2.29. The number of nitrogens with one attached hydrogen (secondary N) is 1. The zero-order valence-electron chi connectivity index (χ0n) is 14.8. The van der Waals surface area contributed by atoms with E-state index in [9.17, 15) is 13.2 Å². The quantitative estimate of drug-likeness (QED) is 0.873. The van der Waals surface area contributed by atoms with E-state index in [-0.39, 0.29) is 10.8 Å². The first-order valence-corrected chi connectivity index (χ1v) is 9.90. The van der Waals surface area contributed by atoms with Crippen LogP contribution in [0.1, 0.15) is 18.4 Å². The van der Waals surface area contributed by atoms with Crippen molar-refractivity contribution < 1.29 is 17.9 Å². The van der Waals surface area contributed by atoms with E-state index in [1.165, 1.54) is 11.4 Å². The highest BCUT2D eigenvalue weighted by molar-refractivity contribution is 7.89. The minimum atomic E-state index is -3.71. The lowest BCUT2D eigenvalue weighted by Gasteiger charge is -2.24. The van der Waals surface area contributed by atoms with Gasteiger partial charge in [-0.25, -0.2) is 8.42 Å². The van der Waals surface area contributed by atoms with Crippen LogP contribution in [0.5, 0.6) is 5.75 Å². The number of rotatable bonds is 5. The van der Waals surface area contributed by atoms with Crippen LogP contribution in [-0.4, -0.2) is 38.3 Å². The average Bonchev–Trinajstić information content (AvgIpc) is 3.13. The summed E-state index contributed by atoms with van der Waals surface area (Å²) in [7, 11) is -2.18. The first-order chi connectivity index (χ1) is 12.4. The molecule has 1 aliphatic heterocycles. The predicted molar refractivity (Wildman–Crippen MR) is 99.7 cm³/mol. The second-order valence-corrected chi connectivity index (χ2v) is 8.17. The molecule has 26 heavy (non-hydrogen) atoms. The van der Waals surface area contributed by atoms with Crippen molar-refractivity contribution >= 4 is 21.6 Å². The molecule has 1 heterocycles. The Bertz CT molecular complexity index is 897. The molecule has 1 amide bonds. The molecule has 0 bridgehead atoms. The third-order valence-corrected chi connectivity index (χ3v) is 6.39. The molecule has 1 aliphatic rings. The minimum Gasteiger partial charge on any atom is -0.495 e. The summed E-state index contributed by atoms with van der Waals surface area (Å²) in [6.45, 7) is 2.25. The van der Waals surface area contributed by atoms with E-state index in [2.05, 4.69) is 5.32 Å². The Labute approximate surface area is 153 Å². The fourth-order valence-electron chi connectivity index (χ4n) is 3.15. The van der Waals surface area contributed by atoms with Crippen molar-refractivity contribution in [3.8, 4) is 5.75 Å². The largest absolute Gasteiger partial charge is 0.495 e. The Balaban J connectivity index is 1.85. The number of methoxy groups -OCH3 is 1. The molecule has 1 atom stereocenters. The number of anilines is 1. The van der Waals surface area contributed by atoms with Crippen molar-refractivity contribution in [3.63, 3.8) is 0 Å². The van der Waals surface area contributed by atoms with Gasteiger partial charge in [0.15, 0.2) is 0 Å². The maximum absolute atomic E-state index is 12.9. The van der Waals surface area contributed by atoms with Crippen molar-refractivity contribution in [1.29, 1.82) is 0 Å². The van der Waals surface area contributed by atoms with Gasteiger partial charge in [0.05, 0.1) is 17.7 Å². The van der Waals surface area contributed by atoms with E-state index in [0.29, 0.717) is 30.8 Å². The van der Waals surface area contributed by atoms with E-state index in [1.54, 1.807) is 36.4 Å². The molecule has 1 saturated heterocycles. The van der Waals surface area contributed by atoms with Gasteiger partial charge >= 0.3 is 0 Å². The molecule has 6 nitrogen and oxygen atoms in total. The summed E-state index contributed by atoms with van der Waals surface area (Å²) < 4.78 is 32.4. The maximum Gasteiger partial charge on any atom is 0.243 e. The van der Waals surface area contributed by atoms with Crippen LogP contribution in [0.4, 0.5) is 5.69 Å². The van der Waals surface area contributed by atoms with Crippen LogP contribution < -0.4 is 10.1 Å². The normalized spacial score (nSPS) is 17.8. The van der Waals surface area contributed by atoms with E-state index in [4.69, 9.17) is 4.74 Å². The highest BCUT2D eigenvalue weighted by atomic mass is 32.2.